The van der Waals surface area contributed by atoms with E-state index in [4.69, 9.17) is 4.74 Å². The maximum atomic E-state index is 11.5. The Hall–Kier alpha value is -2.55. The summed E-state index contributed by atoms with van der Waals surface area (Å²) < 4.78 is 5.72. The molecule has 1 amide bonds. The lowest BCUT2D eigenvalue weighted by Crippen LogP contribution is -2.28. The first kappa shape index (κ1) is 15.8. The van der Waals surface area contributed by atoms with Crippen molar-refractivity contribution in [3.05, 3.63) is 71.8 Å². The Bertz CT molecular complexity index is 616. The minimum absolute atomic E-state index is 0.0839. The molecule has 0 unspecified atom stereocenters. The predicted molar refractivity (Wildman–Crippen MR) is 89.5 cm³/mol. The molecule has 1 N–H and O–H groups in total. The van der Waals surface area contributed by atoms with Crippen LogP contribution in [0.4, 0.5) is 0 Å². The Kier molecular flexibility index (Phi) is 5.78. The van der Waals surface area contributed by atoms with Gasteiger partial charge in [0, 0.05) is 12.1 Å². The van der Waals surface area contributed by atoms with Gasteiger partial charge in [0.2, 0.25) is 5.91 Å². The number of amides is 1. The highest BCUT2D eigenvalue weighted by molar-refractivity contribution is 5.91. The van der Waals surface area contributed by atoms with E-state index in [9.17, 15) is 4.79 Å². The van der Waals surface area contributed by atoms with E-state index in [1.807, 2.05) is 68.4 Å². The SMILES string of the molecule is CC(C)NC(=O)/C=C/c1ccc(OCc2ccccc2)cc1. The number of hydrogen-bond acceptors (Lipinski definition) is 2. The van der Waals surface area contributed by atoms with Gasteiger partial charge in [-0.3, -0.25) is 4.79 Å². The first-order chi connectivity index (χ1) is 10.6. The number of rotatable bonds is 6. The van der Waals surface area contributed by atoms with E-state index in [0.29, 0.717) is 6.61 Å². The lowest BCUT2D eigenvalue weighted by atomic mass is 10.2. The number of carbonyl (C=O) groups is 1. The zero-order valence-electron chi connectivity index (χ0n) is 13.0. The van der Waals surface area contributed by atoms with Gasteiger partial charge in [-0.25, -0.2) is 0 Å². The number of benzene rings is 2. The standard InChI is InChI=1S/C19H21NO2/c1-15(2)20-19(21)13-10-16-8-11-18(12-9-16)22-14-17-6-4-3-5-7-17/h3-13,15H,14H2,1-2H3,(H,20,21)/b13-10+. The van der Waals surface area contributed by atoms with Gasteiger partial charge in [-0.1, -0.05) is 42.5 Å². The molecular weight excluding hydrogens is 274 g/mol. The van der Waals surface area contributed by atoms with Gasteiger partial charge in [0.1, 0.15) is 12.4 Å². The summed E-state index contributed by atoms with van der Waals surface area (Å²) >= 11 is 0. The molecule has 0 aromatic heterocycles. The van der Waals surface area contributed by atoms with Gasteiger partial charge in [-0.15, -0.1) is 0 Å². The van der Waals surface area contributed by atoms with Crippen LogP contribution in [0, 0.1) is 0 Å². The molecule has 0 aliphatic heterocycles. The molecule has 0 aliphatic rings. The fourth-order valence-corrected chi connectivity index (χ4v) is 1.92. The normalized spacial score (nSPS) is 10.9. The van der Waals surface area contributed by atoms with Crippen LogP contribution in [0.1, 0.15) is 25.0 Å². The van der Waals surface area contributed by atoms with Crippen LogP contribution in [0.25, 0.3) is 6.08 Å². The average Bonchev–Trinajstić information content (AvgIpc) is 2.52. The van der Waals surface area contributed by atoms with Crippen molar-refractivity contribution in [2.75, 3.05) is 0 Å². The molecule has 2 aromatic rings. The summed E-state index contributed by atoms with van der Waals surface area (Å²) in [5.74, 6) is 0.729. The van der Waals surface area contributed by atoms with Crippen molar-refractivity contribution in [1.29, 1.82) is 0 Å². The van der Waals surface area contributed by atoms with Crippen LogP contribution in [-0.2, 0) is 11.4 Å². The summed E-state index contributed by atoms with van der Waals surface area (Å²) in [5, 5.41) is 2.81. The molecule has 0 bridgehead atoms. The molecule has 0 aliphatic carbocycles. The Morgan fingerprint density at radius 2 is 1.77 bits per heavy atom. The molecule has 2 aromatic carbocycles. The van der Waals surface area contributed by atoms with Crippen LogP contribution < -0.4 is 10.1 Å². The van der Waals surface area contributed by atoms with Gasteiger partial charge in [-0.05, 0) is 43.2 Å². The molecule has 0 heterocycles. The molecule has 0 radical (unpaired) electrons. The summed E-state index contributed by atoms with van der Waals surface area (Å²) in [7, 11) is 0. The highest BCUT2D eigenvalue weighted by Crippen LogP contribution is 2.15. The third-order valence-electron chi connectivity index (χ3n) is 2.99. The van der Waals surface area contributed by atoms with Gasteiger partial charge in [0.05, 0.1) is 0 Å². The molecule has 3 nitrogen and oxygen atoms in total. The lowest BCUT2D eigenvalue weighted by Gasteiger charge is -2.06. The summed E-state index contributed by atoms with van der Waals surface area (Å²) in [6.45, 7) is 4.42. The van der Waals surface area contributed by atoms with E-state index in [0.717, 1.165) is 16.9 Å². The quantitative estimate of drug-likeness (QED) is 0.823. The fraction of sp³-hybridized carbons (Fsp3) is 0.211. The van der Waals surface area contributed by atoms with Crippen molar-refractivity contribution in [1.82, 2.24) is 5.32 Å². The maximum Gasteiger partial charge on any atom is 0.244 e. The molecule has 0 fully saturated rings. The number of hydrogen-bond donors (Lipinski definition) is 1. The largest absolute Gasteiger partial charge is 0.489 e. The lowest BCUT2D eigenvalue weighted by molar-refractivity contribution is -0.116. The maximum absolute atomic E-state index is 11.5. The van der Waals surface area contributed by atoms with E-state index in [-0.39, 0.29) is 11.9 Å². The fourth-order valence-electron chi connectivity index (χ4n) is 1.92. The zero-order valence-corrected chi connectivity index (χ0v) is 13.0. The Morgan fingerprint density at radius 1 is 1.09 bits per heavy atom. The van der Waals surface area contributed by atoms with Crippen molar-refractivity contribution in [3.8, 4) is 5.75 Å². The van der Waals surface area contributed by atoms with Gasteiger partial charge in [0.25, 0.3) is 0 Å². The van der Waals surface area contributed by atoms with Gasteiger partial charge < -0.3 is 10.1 Å². The molecule has 114 valence electrons. The van der Waals surface area contributed by atoms with Crippen LogP contribution in [-0.4, -0.2) is 11.9 Å². The van der Waals surface area contributed by atoms with Crippen molar-refractivity contribution >= 4 is 12.0 Å². The second-order valence-electron chi connectivity index (χ2n) is 5.34. The van der Waals surface area contributed by atoms with E-state index >= 15 is 0 Å². The average molecular weight is 295 g/mol. The first-order valence-corrected chi connectivity index (χ1v) is 7.39. The predicted octanol–water partition coefficient (Wildman–Crippen LogP) is 3.80. The van der Waals surface area contributed by atoms with Crippen molar-refractivity contribution < 1.29 is 9.53 Å². The minimum atomic E-state index is -0.0839. The van der Waals surface area contributed by atoms with E-state index in [1.54, 1.807) is 12.2 Å². The number of ether oxygens (including phenoxy) is 1. The molecule has 0 atom stereocenters. The third kappa shape index (κ3) is 5.44. The highest BCUT2D eigenvalue weighted by atomic mass is 16.5. The van der Waals surface area contributed by atoms with E-state index < -0.39 is 0 Å². The smallest absolute Gasteiger partial charge is 0.244 e. The molecule has 2 rings (SSSR count). The monoisotopic (exact) mass is 295 g/mol. The molecule has 0 saturated carbocycles. The highest BCUT2D eigenvalue weighted by Gasteiger charge is 1.98. The van der Waals surface area contributed by atoms with Crippen molar-refractivity contribution in [2.24, 2.45) is 0 Å². The molecule has 3 heteroatoms. The van der Waals surface area contributed by atoms with Crippen molar-refractivity contribution in [2.45, 2.75) is 26.5 Å². The topological polar surface area (TPSA) is 38.3 Å². The second kappa shape index (κ2) is 8.03. The summed E-state index contributed by atoms with van der Waals surface area (Å²) in [4.78, 5) is 11.5. The summed E-state index contributed by atoms with van der Waals surface area (Å²) in [5.41, 5.74) is 2.10. The van der Waals surface area contributed by atoms with Gasteiger partial charge in [0.15, 0.2) is 0 Å². The number of nitrogens with one attached hydrogen (secondary N) is 1. The van der Waals surface area contributed by atoms with E-state index in [1.165, 1.54) is 0 Å². The Labute approximate surface area is 131 Å². The zero-order chi connectivity index (χ0) is 15.8. The summed E-state index contributed by atoms with van der Waals surface area (Å²) in [6, 6.07) is 17.9. The van der Waals surface area contributed by atoms with Gasteiger partial charge in [-0.2, -0.15) is 0 Å². The van der Waals surface area contributed by atoms with Crippen LogP contribution in [0.5, 0.6) is 5.75 Å². The van der Waals surface area contributed by atoms with Crippen LogP contribution >= 0.6 is 0 Å². The van der Waals surface area contributed by atoms with Crippen molar-refractivity contribution in [3.63, 3.8) is 0 Å². The first-order valence-electron chi connectivity index (χ1n) is 7.39. The van der Waals surface area contributed by atoms with E-state index in [2.05, 4.69) is 5.32 Å². The molecule has 0 spiro atoms. The minimum Gasteiger partial charge on any atom is -0.489 e. The Morgan fingerprint density at radius 3 is 2.41 bits per heavy atom. The molecule has 22 heavy (non-hydrogen) atoms. The Balaban J connectivity index is 1.87. The molecular formula is C19H21NO2. The van der Waals surface area contributed by atoms with Gasteiger partial charge >= 0.3 is 0 Å². The van der Waals surface area contributed by atoms with Crippen LogP contribution in [0.3, 0.4) is 0 Å². The second-order valence-corrected chi connectivity index (χ2v) is 5.34. The van der Waals surface area contributed by atoms with Crippen LogP contribution in [0.2, 0.25) is 0 Å². The number of carbonyl (C=O) groups excluding carboxylic acids is 1. The summed E-state index contributed by atoms with van der Waals surface area (Å²) in [6.07, 6.45) is 3.33. The molecule has 0 saturated heterocycles. The third-order valence-corrected chi connectivity index (χ3v) is 2.99. The van der Waals surface area contributed by atoms with Crippen LogP contribution in [0.15, 0.2) is 60.7 Å².